The van der Waals surface area contributed by atoms with E-state index in [1.807, 2.05) is 6.07 Å². The summed E-state index contributed by atoms with van der Waals surface area (Å²) >= 11 is 5.16. The van der Waals surface area contributed by atoms with Gasteiger partial charge in [0, 0.05) is 12.5 Å². The fourth-order valence-corrected chi connectivity index (χ4v) is 0.695. The van der Waals surface area contributed by atoms with Gasteiger partial charge in [0.2, 0.25) is 0 Å². The van der Waals surface area contributed by atoms with Crippen LogP contribution in [-0.4, -0.2) is 11.2 Å². The molecule has 0 saturated heterocycles. The van der Waals surface area contributed by atoms with Crippen LogP contribution in [0.4, 0.5) is 0 Å². The zero-order chi connectivity index (χ0) is 10.3. The van der Waals surface area contributed by atoms with E-state index in [-0.39, 0.29) is 0 Å². The summed E-state index contributed by atoms with van der Waals surface area (Å²) in [6.45, 7) is 0.972. The average Bonchev–Trinajstić information content (AvgIpc) is 2.05. The Labute approximate surface area is 81.0 Å². The number of carbonyl (C=O) groups excluding carboxylic acids is 2. The minimum atomic E-state index is -1.08. The molecular formula is C9H8ClO3. The van der Waals surface area contributed by atoms with Crippen molar-refractivity contribution in [3.05, 3.63) is 35.9 Å². The maximum atomic E-state index is 10.4. The summed E-state index contributed by atoms with van der Waals surface area (Å²) < 4.78 is 0. The average molecular weight is 200 g/mol. The second-order valence-corrected chi connectivity index (χ2v) is 2.47. The first-order chi connectivity index (χ1) is 6.04. The summed E-state index contributed by atoms with van der Waals surface area (Å²) in [5.74, 6) is -1.08. The molecule has 1 aromatic carbocycles. The fourth-order valence-electron chi connectivity index (χ4n) is 0.569. The van der Waals surface area contributed by atoms with Gasteiger partial charge in [-0.1, -0.05) is 30.3 Å². The van der Waals surface area contributed by atoms with E-state index in [0.717, 1.165) is 6.92 Å². The lowest BCUT2D eigenvalue weighted by atomic mass is 10.2. The van der Waals surface area contributed by atoms with Gasteiger partial charge >= 0.3 is 5.97 Å². The number of carbonyl (C=O) groups is 2. The molecule has 0 aliphatic heterocycles. The van der Waals surface area contributed by atoms with E-state index < -0.39 is 11.2 Å². The molecule has 0 saturated carbocycles. The molecule has 1 aromatic rings. The summed E-state index contributed by atoms with van der Waals surface area (Å²) in [5.41, 5.74) is 0.541. The van der Waals surface area contributed by atoms with Gasteiger partial charge in [0.05, 0.1) is 0 Å². The molecule has 69 valence electrons. The van der Waals surface area contributed by atoms with E-state index in [4.69, 9.17) is 21.5 Å². The molecule has 0 fully saturated rings. The predicted octanol–water partition coefficient (Wildman–Crippen LogP) is 2.03. The predicted molar refractivity (Wildman–Crippen MR) is 48.0 cm³/mol. The molecule has 1 radical (unpaired) electrons. The molecule has 13 heavy (non-hydrogen) atoms. The molecule has 0 amide bonds. The third kappa shape index (κ3) is 7.03. The number of hydrogen-bond acceptors (Lipinski definition) is 2. The maximum absolute atomic E-state index is 10.4. The van der Waals surface area contributed by atoms with Gasteiger partial charge in [0.25, 0.3) is 5.24 Å². The summed E-state index contributed by atoms with van der Waals surface area (Å²) in [6, 6.07) is 8.74. The van der Waals surface area contributed by atoms with Gasteiger partial charge in [-0.2, -0.15) is 0 Å². The minimum absolute atomic E-state index is 0.407. The van der Waals surface area contributed by atoms with Crippen LogP contribution in [0.1, 0.15) is 17.3 Å². The Balaban J connectivity index is 0.000000310. The second kappa shape index (κ2) is 6.20. The highest BCUT2D eigenvalue weighted by Gasteiger charge is 1.95. The van der Waals surface area contributed by atoms with Gasteiger partial charge in [0.15, 0.2) is 0 Å². The molecule has 1 rings (SSSR count). The Bertz CT molecular complexity index is 278. The lowest BCUT2D eigenvalue weighted by molar-refractivity contribution is -0.140. The summed E-state index contributed by atoms with van der Waals surface area (Å²) in [6.07, 6.45) is 0. The van der Waals surface area contributed by atoms with E-state index in [9.17, 15) is 4.79 Å². The summed E-state index contributed by atoms with van der Waals surface area (Å²) in [4.78, 5) is 19.3. The lowest BCUT2D eigenvalue weighted by Gasteiger charge is -1.87. The highest BCUT2D eigenvalue weighted by atomic mass is 35.5. The van der Waals surface area contributed by atoms with Crippen LogP contribution in [-0.2, 0) is 9.90 Å². The quantitative estimate of drug-likeness (QED) is 0.650. The van der Waals surface area contributed by atoms with Crippen molar-refractivity contribution in [1.29, 1.82) is 0 Å². The van der Waals surface area contributed by atoms with Crippen LogP contribution in [0, 0.1) is 0 Å². The van der Waals surface area contributed by atoms with Gasteiger partial charge in [-0.05, 0) is 11.6 Å². The number of halogens is 1. The van der Waals surface area contributed by atoms with Crippen molar-refractivity contribution in [3.63, 3.8) is 0 Å². The third-order valence-corrected chi connectivity index (χ3v) is 1.22. The van der Waals surface area contributed by atoms with E-state index >= 15 is 0 Å². The molecular weight excluding hydrogens is 192 g/mol. The third-order valence-electron chi connectivity index (χ3n) is 1.00. The van der Waals surface area contributed by atoms with Crippen molar-refractivity contribution in [2.24, 2.45) is 0 Å². The van der Waals surface area contributed by atoms with Crippen LogP contribution < -0.4 is 0 Å². The number of hydrogen-bond donors (Lipinski definition) is 0. The molecule has 0 heterocycles. The number of benzene rings is 1. The standard InChI is InChI=1S/C7H5ClO.C2H3O2/c8-7(9)6-4-2-1-3-5-6;1-2(3)4/h1-5H;1H3. The van der Waals surface area contributed by atoms with Gasteiger partial charge in [-0.15, -0.1) is 0 Å². The molecule has 4 heteroatoms. The molecule has 0 aliphatic rings. The Hall–Kier alpha value is -1.35. The normalized spacial score (nSPS) is 8.15. The van der Waals surface area contributed by atoms with Gasteiger partial charge < -0.3 is 0 Å². The van der Waals surface area contributed by atoms with Gasteiger partial charge in [-0.25, -0.2) is 9.90 Å². The van der Waals surface area contributed by atoms with Gasteiger partial charge in [-0.3, -0.25) is 4.79 Å². The summed E-state index contributed by atoms with van der Waals surface area (Å²) in [7, 11) is 0. The minimum Gasteiger partial charge on any atom is -0.276 e. The van der Waals surface area contributed by atoms with Crippen molar-refractivity contribution in [2.45, 2.75) is 6.92 Å². The van der Waals surface area contributed by atoms with Crippen LogP contribution in [0.15, 0.2) is 30.3 Å². The van der Waals surface area contributed by atoms with Crippen molar-refractivity contribution in [3.8, 4) is 0 Å². The fraction of sp³-hybridized carbons (Fsp3) is 0.111. The van der Waals surface area contributed by atoms with E-state index in [2.05, 4.69) is 0 Å². The number of rotatable bonds is 1. The Kier molecular flexibility index (Phi) is 5.55. The maximum Gasteiger partial charge on any atom is 0.352 e. The van der Waals surface area contributed by atoms with Crippen LogP contribution in [0.25, 0.3) is 0 Å². The largest absolute Gasteiger partial charge is 0.352 e. The molecule has 0 spiro atoms. The lowest BCUT2D eigenvalue weighted by Crippen LogP contribution is -1.84. The van der Waals surface area contributed by atoms with Crippen LogP contribution in [0.2, 0.25) is 0 Å². The Morgan fingerprint density at radius 1 is 1.15 bits per heavy atom. The first-order valence-electron chi connectivity index (χ1n) is 3.46. The van der Waals surface area contributed by atoms with Crippen molar-refractivity contribution in [2.75, 3.05) is 0 Å². The van der Waals surface area contributed by atoms with Crippen molar-refractivity contribution in [1.82, 2.24) is 0 Å². The monoisotopic (exact) mass is 199 g/mol. The highest BCUT2D eigenvalue weighted by molar-refractivity contribution is 6.67. The topological polar surface area (TPSA) is 54.0 Å². The van der Waals surface area contributed by atoms with Crippen LogP contribution in [0.3, 0.4) is 0 Å². The Morgan fingerprint density at radius 2 is 1.54 bits per heavy atom. The van der Waals surface area contributed by atoms with Crippen molar-refractivity contribution >= 4 is 22.8 Å². The zero-order valence-electron chi connectivity index (χ0n) is 6.99. The zero-order valence-corrected chi connectivity index (χ0v) is 7.75. The smallest absolute Gasteiger partial charge is 0.276 e. The molecule has 0 aromatic heterocycles. The van der Waals surface area contributed by atoms with Crippen molar-refractivity contribution < 1.29 is 14.7 Å². The van der Waals surface area contributed by atoms with E-state index in [1.165, 1.54) is 0 Å². The second-order valence-electron chi connectivity index (χ2n) is 2.13. The molecule has 3 nitrogen and oxygen atoms in total. The highest BCUT2D eigenvalue weighted by Crippen LogP contribution is 2.01. The Morgan fingerprint density at radius 3 is 1.77 bits per heavy atom. The first kappa shape index (κ1) is 11.6. The SMILES string of the molecule is CC([O])=O.O=C(Cl)c1ccccc1. The molecule has 0 aliphatic carbocycles. The van der Waals surface area contributed by atoms with Gasteiger partial charge in [0.1, 0.15) is 0 Å². The van der Waals surface area contributed by atoms with E-state index in [0.29, 0.717) is 5.56 Å². The first-order valence-corrected chi connectivity index (χ1v) is 3.84. The van der Waals surface area contributed by atoms with E-state index in [1.54, 1.807) is 24.3 Å². The molecule has 0 bridgehead atoms. The molecule has 0 atom stereocenters. The summed E-state index contributed by atoms with van der Waals surface area (Å²) in [5, 5.41) is 8.48. The van der Waals surface area contributed by atoms with Crippen LogP contribution in [0.5, 0.6) is 0 Å². The molecule has 0 N–H and O–H groups in total. The molecule has 0 unspecified atom stereocenters. The van der Waals surface area contributed by atoms with Crippen LogP contribution >= 0.6 is 11.6 Å².